The molecular formula is CH5NO8S3. The lowest BCUT2D eigenvalue weighted by molar-refractivity contribution is 0.238. The van der Waals surface area contributed by atoms with E-state index in [4.69, 9.17) is 4.55 Å². The molecule has 0 spiro atoms. The van der Waals surface area contributed by atoms with E-state index in [0.717, 1.165) is 7.05 Å². The third kappa shape index (κ3) is 2.35. The molecule has 0 amide bonds. The molecule has 0 aromatic heterocycles. The van der Waals surface area contributed by atoms with Crippen molar-refractivity contribution in [2.75, 3.05) is 7.05 Å². The van der Waals surface area contributed by atoms with Crippen molar-refractivity contribution >= 4 is 26.2 Å². The number of nitrogens with one attached hydrogen (secondary N) is 1. The van der Waals surface area contributed by atoms with Gasteiger partial charge in [0.25, 0.3) is 0 Å². The Bertz CT molecular complexity index is 463. The number of hydroxylamine groups is 1. The van der Waals surface area contributed by atoms with Crippen LogP contribution in [0.25, 0.3) is 0 Å². The van der Waals surface area contributed by atoms with E-state index >= 15 is 0 Å². The molecule has 0 radical (unpaired) electrons. The van der Waals surface area contributed by atoms with E-state index in [-0.39, 0.29) is 0 Å². The highest BCUT2D eigenvalue weighted by Crippen LogP contribution is 2.10. The van der Waals surface area contributed by atoms with Crippen LogP contribution in [0, 0.1) is 0 Å². The molecule has 80 valence electrons. The molecule has 0 aliphatic rings. The quantitative estimate of drug-likeness (QED) is 0.319. The summed E-state index contributed by atoms with van der Waals surface area (Å²) >= 11 is 0. The van der Waals surface area contributed by atoms with Gasteiger partial charge >= 0.3 is 26.2 Å². The highest BCUT2D eigenvalue weighted by molar-refractivity contribution is 8.97. The van der Waals surface area contributed by atoms with Gasteiger partial charge in [-0.3, -0.25) is 4.55 Å². The molecule has 13 heavy (non-hydrogen) atoms. The molecule has 0 atom stereocenters. The summed E-state index contributed by atoms with van der Waals surface area (Å²) in [5.41, 5.74) is 1.44. The van der Waals surface area contributed by atoms with Gasteiger partial charge in [0.1, 0.15) is 0 Å². The molecule has 0 unspecified atom stereocenters. The first-order valence-corrected chi connectivity index (χ1v) is 7.75. The van der Waals surface area contributed by atoms with Gasteiger partial charge in [-0.1, -0.05) is 0 Å². The van der Waals surface area contributed by atoms with Gasteiger partial charge in [0.15, 0.2) is 0 Å². The number of hydrogen-bond acceptors (Lipinski definition) is 8. The van der Waals surface area contributed by atoms with Crippen LogP contribution in [0.15, 0.2) is 0 Å². The average Bonchev–Trinajstić information content (AvgIpc) is 1.84. The van der Waals surface area contributed by atoms with E-state index in [0.29, 0.717) is 0 Å². The summed E-state index contributed by atoms with van der Waals surface area (Å²) < 4.78 is 73.5. The van der Waals surface area contributed by atoms with Gasteiger partial charge in [0.2, 0.25) is 0 Å². The van der Waals surface area contributed by atoms with Gasteiger partial charge in [-0.25, -0.2) is 0 Å². The van der Waals surface area contributed by atoms with Crippen molar-refractivity contribution in [2.24, 2.45) is 0 Å². The average molecular weight is 255 g/mol. The van der Waals surface area contributed by atoms with E-state index in [1.807, 2.05) is 0 Å². The fraction of sp³-hybridized carbons (Fsp3) is 1.00. The zero-order valence-corrected chi connectivity index (χ0v) is 8.48. The van der Waals surface area contributed by atoms with Gasteiger partial charge in [-0.05, 0) is 0 Å². The first kappa shape index (κ1) is 12.7. The Labute approximate surface area is 73.2 Å². The van der Waals surface area contributed by atoms with Gasteiger partial charge < -0.3 is 0 Å². The molecule has 0 bridgehead atoms. The van der Waals surface area contributed by atoms with Crippen molar-refractivity contribution in [3.63, 3.8) is 0 Å². The Morgan fingerprint density at radius 2 is 1.46 bits per heavy atom. The summed E-state index contributed by atoms with van der Waals surface area (Å²) in [6, 6.07) is 0. The van der Waals surface area contributed by atoms with E-state index in [2.05, 4.69) is 4.28 Å². The largest absolute Gasteiger partial charge is 0.407 e. The molecule has 0 rings (SSSR count). The van der Waals surface area contributed by atoms with Crippen LogP contribution in [-0.2, 0) is 30.5 Å². The van der Waals surface area contributed by atoms with Crippen molar-refractivity contribution in [2.45, 2.75) is 0 Å². The summed E-state index contributed by atoms with van der Waals surface area (Å²) in [6.07, 6.45) is 0. The summed E-state index contributed by atoms with van der Waals surface area (Å²) in [6.45, 7) is 0. The molecule has 12 heteroatoms. The molecule has 9 nitrogen and oxygen atoms in total. The van der Waals surface area contributed by atoms with Crippen molar-refractivity contribution in [1.82, 2.24) is 5.48 Å². The summed E-state index contributed by atoms with van der Waals surface area (Å²) in [5.74, 6) is 0. The fourth-order valence-corrected chi connectivity index (χ4v) is 3.98. The first-order chi connectivity index (χ1) is 5.56. The molecule has 2 N–H and O–H groups in total. The van der Waals surface area contributed by atoms with Gasteiger partial charge in [-0.15, -0.1) is 0 Å². The first-order valence-electron chi connectivity index (χ1n) is 2.39. The summed E-state index contributed by atoms with van der Waals surface area (Å²) in [4.78, 5) is 0. The van der Waals surface area contributed by atoms with Crippen LogP contribution in [0.5, 0.6) is 0 Å². The predicted octanol–water partition coefficient (Wildman–Crippen LogP) is -2.40. The molecular weight excluding hydrogens is 250 g/mol. The lowest BCUT2D eigenvalue weighted by atomic mass is 11.6. The molecule has 0 saturated carbocycles. The van der Waals surface area contributed by atoms with E-state index in [1.54, 1.807) is 0 Å². The Balaban J connectivity index is 5.62. The smallest absolute Gasteiger partial charge is 0.273 e. The second-order valence-electron chi connectivity index (χ2n) is 1.53. The van der Waals surface area contributed by atoms with Gasteiger partial charge in [-0.2, -0.15) is 35.0 Å². The molecule has 0 saturated heterocycles. The van der Waals surface area contributed by atoms with Crippen LogP contribution in [0.3, 0.4) is 0 Å². The minimum atomic E-state index is -5.82. The van der Waals surface area contributed by atoms with Crippen LogP contribution >= 0.6 is 0 Å². The van der Waals surface area contributed by atoms with Crippen molar-refractivity contribution in [3.05, 3.63) is 0 Å². The molecule has 0 aliphatic carbocycles. The standard InChI is InChI=1S/CH5NO8S3/c1-2-10-12(6,7)13(8,9)11(3,4)5/h2H,1H3,(H,3,4,5). The zero-order valence-electron chi connectivity index (χ0n) is 6.03. The van der Waals surface area contributed by atoms with Gasteiger partial charge in [0, 0.05) is 7.05 Å². The van der Waals surface area contributed by atoms with Crippen LogP contribution < -0.4 is 5.48 Å². The second-order valence-corrected chi connectivity index (χ2v) is 9.94. The zero-order chi connectivity index (χ0) is 10.9. The van der Waals surface area contributed by atoms with Crippen molar-refractivity contribution in [3.8, 4) is 0 Å². The Kier molecular flexibility index (Phi) is 3.40. The van der Waals surface area contributed by atoms with Crippen molar-refractivity contribution < 1.29 is 34.1 Å². The fourth-order valence-electron chi connectivity index (χ4n) is 0.249. The number of rotatable bonds is 4. The Hall–Kier alpha value is -0.270. The maximum atomic E-state index is 10.5. The van der Waals surface area contributed by atoms with E-state index < -0.39 is 26.2 Å². The maximum absolute atomic E-state index is 10.5. The SMILES string of the molecule is CNOS(=O)(=O)S(=O)(=O)S(=O)(=O)O. The normalized spacial score (nSPS) is 14.3. The Morgan fingerprint density at radius 3 is 1.69 bits per heavy atom. The maximum Gasteiger partial charge on any atom is 0.407 e. The third-order valence-electron chi connectivity index (χ3n) is 0.693. The van der Waals surface area contributed by atoms with Crippen LogP contribution in [0.1, 0.15) is 0 Å². The van der Waals surface area contributed by atoms with Crippen LogP contribution in [0.2, 0.25) is 0 Å². The molecule has 0 fully saturated rings. The van der Waals surface area contributed by atoms with E-state index in [9.17, 15) is 25.3 Å². The molecule has 0 heterocycles. The summed E-state index contributed by atoms with van der Waals surface area (Å²) in [7, 11) is -16.1. The molecule has 0 aromatic carbocycles. The monoisotopic (exact) mass is 255 g/mol. The number of hydrogen-bond donors (Lipinski definition) is 2. The molecule has 0 aromatic rings. The second kappa shape index (κ2) is 3.47. The lowest BCUT2D eigenvalue weighted by Crippen LogP contribution is -2.29. The predicted molar refractivity (Wildman–Crippen MR) is 39.5 cm³/mol. The highest BCUT2D eigenvalue weighted by Gasteiger charge is 2.43. The van der Waals surface area contributed by atoms with Crippen LogP contribution in [-0.4, -0.2) is 36.9 Å². The third-order valence-corrected chi connectivity index (χ3v) is 8.38. The van der Waals surface area contributed by atoms with Crippen molar-refractivity contribution in [1.29, 1.82) is 0 Å². The van der Waals surface area contributed by atoms with Gasteiger partial charge in [0.05, 0.1) is 0 Å². The lowest BCUT2D eigenvalue weighted by Gasteiger charge is -2.00. The summed E-state index contributed by atoms with van der Waals surface area (Å²) in [5, 5.41) is 0. The van der Waals surface area contributed by atoms with E-state index in [1.165, 1.54) is 5.48 Å². The molecule has 0 aliphatic heterocycles. The minimum Gasteiger partial charge on any atom is -0.273 e. The van der Waals surface area contributed by atoms with Crippen LogP contribution in [0.4, 0.5) is 0 Å². The Morgan fingerprint density at radius 1 is 1.08 bits per heavy atom. The minimum absolute atomic E-state index is 0.886. The highest BCUT2D eigenvalue weighted by atomic mass is 33.6. The topological polar surface area (TPSA) is 144 Å².